The fraction of sp³-hybridized carbons (Fsp3) is 0.464. The summed E-state index contributed by atoms with van der Waals surface area (Å²) in [5.41, 5.74) is 1.75. The number of carbonyl (C=O) groups is 1. The molecular formula is C28H33F3N6O3. The third-order valence-electron chi connectivity index (χ3n) is 6.37. The maximum absolute atomic E-state index is 14.1. The van der Waals surface area contributed by atoms with Crippen LogP contribution in [0, 0.1) is 6.92 Å². The van der Waals surface area contributed by atoms with E-state index in [1.54, 1.807) is 27.9 Å². The van der Waals surface area contributed by atoms with E-state index in [-0.39, 0.29) is 31.0 Å². The van der Waals surface area contributed by atoms with Crippen LogP contribution in [0.4, 0.5) is 23.8 Å². The zero-order valence-corrected chi connectivity index (χ0v) is 23.1. The normalized spacial score (nSPS) is 17.4. The first-order chi connectivity index (χ1) is 18.8. The maximum atomic E-state index is 14.1. The van der Waals surface area contributed by atoms with Gasteiger partial charge in [0.05, 0.1) is 18.3 Å². The fourth-order valence-corrected chi connectivity index (χ4v) is 4.64. The van der Waals surface area contributed by atoms with Crippen molar-refractivity contribution in [2.75, 3.05) is 20.2 Å². The number of hydrogen-bond donors (Lipinski definition) is 1. The van der Waals surface area contributed by atoms with Gasteiger partial charge in [0.25, 0.3) is 0 Å². The molecule has 1 unspecified atom stereocenters. The van der Waals surface area contributed by atoms with Gasteiger partial charge in [-0.3, -0.25) is 9.88 Å². The summed E-state index contributed by atoms with van der Waals surface area (Å²) >= 11 is 0. The second-order valence-electron chi connectivity index (χ2n) is 10.7. The van der Waals surface area contributed by atoms with Crippen molar-refractivity contribution in [1.82, 2.24) is 20.2 Å². The summed E-state index contributed by atoms with van der Waals surface area (Å²) in [6.45, 7) is 7.51. The lowest BCUT2D eigenvalue weighted by molar-refractivity contribution is -0.183. The molecule has 9 nitrogen and oxygen atoms in total. The van der Waals surface area contributed by atoms with Gasteiger partial charge in [-0.05, 0) is 63.4 Å². The van der Waals surface area contributed by atoms with Gasteiger partial charge >= 0.3 is 12.3 Å². The summed E-state index contributed by atoms with van der Waals surface area (Å²) in [7, 11) is 1.60. The first kappa shape index (κ1) is 29.2. The van der Waals surface area contributed by atoms with Crippen LogP contribution in [0.15, 0.2) is 52.8 Å². The van der Waals surface area contributed by atoms with Crippen molar-refractivity contribution in [2.45, 2.75) is 64.5 Å². The highest BCUT2D eigenvalue weighted by molar-refractivity contribution is 5.81. The lowest BCUT2D eigenvalue weighted by Gasteiger charge is -2.30. The summed E-state index contributed by atoms with van der Waals surface area (Å²) in [6, 6.07) is 8.09. The van der Waals surface area contributed by atoms with Crippen molar-refractivity contribution in [1.29, 1.82) is 0 Å². The van der Waals surface area contributed by atoms with Crippen LogP contribution in [-0.4, -0.2) is 59.0 Å². The number of aromatic nitrogens is 2. The second kappa shape index (κ2) is 11.7. The highest BCUT2D eigenvalue weighted by Crippen LogP contribution is 2.39. The molecule has 4 rings (SSSR count). The largest absolute Gasteiger partial charge is 0.496 e. The molecule has 0 bridgehead atoms. The number of fused-ring (bicyclic) bond motifs is 1. The van der Waals surface area contributed by atoms with Crippen LogP contribution >= 0.6 is 0 Å². The third-order valence-corrected chi connectivity index (χ3v) is 6.37. The number of ether oxygens (including phenoxy) is 2. The van der Waals surface area contributed by atoms with Crippen molar-refractivity contribution < 1.29 is 27.4 Å². The van der Waals surface area contributed by atoms with Crippen LogP contribution < -0.4 is 10.1 Å². The Labute approximate surface area is 230 Å². The minimum atomic E-state index is -4.53. The molecule has 2 atom stereocenters. The molecule has 0 spiro atoms. The van der Waals surface area contributed by atoms with Crippen molar-refractivity contribution in [3.8, 4) is 5.75 Å². The number of carbonyl (C=O) groups excluding carboxylic acids is 1. The van der Waals surface area contributed by atoms with E-state index in [9.17, 15) is 18.0 Å². The molecule has 0 radical (unpaired) electrons. The number of azo groups is 1. The minimum Gasteiger partial charge on any atom is -0.496 e. The molecule has 214 valence electrons. The predicted molar refractivity (Wildman–Crippen MR) is 144 cm³/mol. The molecule has 0 aliphatic carbocycles. The van der Waals surface area contributed by atoms with Gasteiger partial charge in [0.15, 0.2) is 5.82 Å². The van der Waals surface area contributed by atoms with Gasteiger partial charge < -0.3 is 14.8 Å². The molecule has 3 aromatic rings. The summed E-state index contributed by atoms with van der Waals surface area (Å²) < 4.78 is 52.9. The van der Waals surface area contributed by atoms with Crippen molar-refractivity contribution in [2.24, 2.45) is 10.2 Å². The summed E-state index contributed by atoms with van der Waals surface area (Å²) in [6.07, 6.45) is -3.63. The Morgan fingerprint density at radius 3 is 2.62 bits per heavy atom. The Bertz CT molecular complexity index is 1370. The van der Waals surface area contributed by atoms with Crippen molar-refractivity contribution in [3.63, 3.8) is 0 Å². The molecule has 1 aliphatic rings. The number of halogens is 3. The van der Waals surface area contributed by atoms with Gasteiger partial charge in [-0.25, -0.2) is 9.78 Å². The average molecular weight is 559 g/mol. The number of alkyl halides is 3. The number of nitrogens with zero attached hydrogens (tertiary/aromatic N) is 5. The Hall–Kier alpha value is -3.80. The fourth-order valence-electron chi connectivity index (χ4n) is 4.64. The van der Waals surface area contributed by atoms with E-state index in [1.807, 2.05) is 31.2 Å². The van der Waals surface area contributed by atoms with Gasteiger partial charge in [0.2, 0.25) is 0 Å². The molecule has 12 heteroatoms. The number of pyridine rings is 2. The second-order valence-corrected chi connectivity index (χ2v) is 10.7. The van der Waals surface area contributed by atoms with Crippen LogP contribution in [0.1, 0.15) is 50.1 Å². The van der Waals surface area contributed by atoms with E-state index in [0.717, 1.165) is 22.2 Å². The predicted octanol–water partition coefficient (Wildman–Crippen LogP) is 6.43. The Kier molecular flexibility index (Phi) is 8.57. The van der Waals surface area contributed by atoms with E-state index < -0.39 is 30.0 Å². The molecule has 1 amide bonds. The Morgan fingerprint density at radius 1 is 1.20 bits per heavy atom. The van der Waals surface area contributed by atoms with E-state index >= 15 is 0 Å². The quantitative estimate of drug-likeness (QED) is 0.335. The van der Waals surface area contributed by atoms with Gasteiger partial charge in [-0.2, -0.15) is 18.3 Å². The zero-order valence-electron chi connectivity index (χ0n) is 23.1. The van der Waals surface area contributed by atoms with Crippen LogP contribution in [-0.2, 0) is 11.3 Å². The molecule has 1 fully saturated rings. The highest BCUT2D eigenvalue weighted by atomic mass is 19.4. The number of nitrogens with one attached hydrogen (secondary N) is 1. The van der Waals surface area contributed by atoms with Gasteiger partial charge in [0, 0.05) is 36.8 Å². The molecule has 3 heterocycles. The first-order valence-corrected chi connectivity index (χ1v) is 12.9. The molecule has 1 aromatic carbocycles. The smallest absolute Gasteiger partial charge is 0.408 e. The monoisotopic (exact) mass is 558 g/mol. The molecule has 2 aromatic heterocycles. The van der Waals surface area contributed by atoms with Crippen molar-refractivity contribution in [3.05, 3.63) is 59.4 Å². The molecule has 1 N–H and O–H groups in total. The van der Waals surface area contributed by atoms with Gasteiger partial charge in [0.1, 0.15) is 23.9 Å². The number of rotatable bonds is 7. The lowest BCUT2D eigenvalue weighted by atomic mass is 10.1. The number of methoxy groups -OCH3 is 1. The van der Waals surface area contributed by atoms with Gasteiger partial charge in [-0.1, -0.05) is 12.1 Å². The number of benzene rings is 1. The van der Waals surface area contributed by atoms with E-state index in [2.05, 4.69) is 25.5 Å². The Morgan fingerprint density at radius 2 is 1.98 bits per heavy atom. The van der Waals surface area contributed by atoms with E-state index in [0.29, 0.717) is 12.1 Å². The summed E-state index contributed by atoms with van der Waals surface area (Å²) in [4.78, 5) is 22.0. The van der Waals surface area contributed by atoms with Crippen LogP contribution in [0.25, 0.3) is 10.9 Å². The van der Waals surface area contributed by atoms with Gasteiger partial charge in [-0.15, -0.1) is 5.11 Å². The van der Waals surface area contributed by atoms with Crippen LogP contribution in [0.3, 0.4) is 0 Å². The Balaban J connectivity index is 1.40. The number of likely N-dealkylation sites (tertiary alicyclic amines) is 1. The maximum Gasteiger partial charge on any atom is 0.408 e. The topological polar surface area (TPSA) is 101 Å². The molecule has 40 heavy (non-hydrogen) atoms. The lowest BCUT2D eigenvalue weighted by Crippen LogP contribution is -2.42. The highest BCUT2D eigenvalue weighted by Gasteiger charge is 2.47. The standard InChI is InChI=1S/C28H33F3N6O3/c1-17-12-18-6-8-20(34-22(18)13-23(17)39-5)15-33-36-24-9-7-19(14-32-24)25(28(29,30)31)37-11-10-21(16-37)35-26(38)40-27(2,3)4/h6-9,12-14,21,25H,10-11,15-16H2,1-5H3,(H,35,38)/t21?,25-/m0/s1. The van der Waals surface area contributed by atoms with Crippen molar-refractivity contribution >= 4 is 22.8 Å². The molecule has 0 saturated carbocycles. The first-order valence-electron chi connectivity index (χ1n) is 12.9. The van der Waals surface area contributed by atoms with E-state index in [4.69, 9.17) is 9.47 Å². The molecular weight excluding hydrogens is 525 g/mol. The summed E-state index contributed by atoms with van der Waals surface area (Å²) in [5, 5.41) is 11.8. The third kappa shape index (κ3) is 7.44. The minimum absolute atomic E-state index is 0.00944. The number of alkyl carbamates (subject to hydrolysis) is 1. The van der Waals surface area contributed by atoms with Crippen LogP contribution in [0.5, 0.6) is 5.75 Å². The number of aryl methyl sites for hydroxylation is 1. The number of amides is 1. The van der Waals surface area contributed by atoms with Crippen LogP contribution in [0.2, 0.25) is 0 Å². The number of hydrogen-bond acceptors (Lipinski definition) is 8. The molecule has 1 aliphatic heterocycles. The average Bonchev–Trinajstić information content (AvgIpc) is 3.30. The zero-order chi connectivity index (χ0) is 29.1. The van der Waals surface area contributed by atoms with E-state index in [1.165, 1.54) is 23.2 Å². The SMILES string of the molecule is COc1cc2nc(CN=Nc3ccc([C@H](N4CCC(NC(=O)OC(C)(C)C)C4)C(F)(F)F)cn3)ccc2cc1C. The molecule has 1 saturated heterocycles. The summed E-state index contributed by atoms with van der Waals surface area (Å²) in [5.74, 6) is 0.928.